The third kappa shape index (κ3) is 2.32. The molecular weight excluding hydrogens is 346 g/mol. The maximum absolute atomic E-state index is 5.55. The Hall–Kier alpha value is -1.92. The summed E-state index contributed by atoms with van der Waals surface area (Å²) in [5.74, 6) is 3.59. The SMILES string of the molecule is COc1ccc2c(c1)nc1n2SCc2c(C)c(OC)c(C)c[n+]2-1.[Cl-]. The van der Waals surface area contributed by atoms with Gasteiger partial charge in [-0.25, -0.2) is 4.57 Å². The van der Waals surface area contributed by atoms with Gasteiger partial charge in [0, 0.05) is 29.1 Å². The van der Waals surface area contributed by atoms with Gasteiger partial charge in [-0.1, -0.05) is 4.98 Å². The maximum Gasteiger partial charge on any atom is 0.415 e. The Morgan fingerprint density at radius 3 is 2.71 bits per heavy atom. The van der Waals surface area contributed by atoms with Crippen molar-refractivity contribution in [3.8, 4) is 17.4 Å². The number of imidazole rings is 1. The maximum atomic E-state index is 5.55. The van der Waals surface area contributed by atoms with E-state index in [-0.39, 0.29) is 12.4 Å². The summed E-state index contributed by atoms with van der Waals surface area (Å²) in [5, 5.41) is 0. The van der Waals surface area contributed by atoms with Crippen molar-refractivity contribution in [3.63, 3.8) is 0 Å². The van der Waals surface area contributed by atoms with Crippen molar-refractivity contribution in [1.29, 1.82) is 0 Å². The van der Waals surface area contributed by atoms with E-state index in [1.807, 2.05) is 12.1 Å². The first kappa shape index (κ1) is 16.9. The van der Waals surface area contributed by atoms with Crippen LogP contribution in [0.3, 0.4) is 0 Å². The van der Waals surface area contributed by atoms with Crippen molar-refractivity contribution in [2.45, 2.75) is 19.6 Å². The molecule has 1 aromatic carbocycles. The molecule has 0 N–H and O–H groups in total. The molecule has 5 nitrogen and oxygen atoms in total. The Kier molecular flexibility index (Phi) is 4.36. The molecule has 0 saturated heterocycles. The van der Waals surface area contributed by atoms with Gasteiger partial charge in [0.2, 0.25) is 0 Å². The number of fused-ring (bicyclic) bond motifs is 5. The highest BCUT2D eigenvalue weighted by Gasteiger charge is 2.31. The number of hydrogen-bond donors (Lipinski definition) is 0. The lowest BCUT2D eigenvalue weighted by atomic mass is 10.1. The molecule has 7 heteroatoms. The molecule has 1 aliphatic heterocycles. The van der Waals surface area contributed by atoms with Crippen LogP contribution in [0, 0.1) is 13.8 Å². The first-order chi connectivity index (χ1) is 11.1. The highest BCUT2D eigenvalue weighted by Crippen LogP contribution is 2.33. The number of benzene rings is 1. The Balaban J connectivity index is 0.00000169. The molecule has 0 radical (unpaired) electrons. The van der Waals surface area contributed by atoms with Crippen LogP contribution >= 0.6 is 11.9 Å². The standard InChI is InChI=1S/C17H18N3O2S.ClH/c1-10-8-19-15(11(2)16(10)22-4)9-23-20-14-6-5-12(21-3)7-13(14)18-17(19)20;/h5-8H,9H2,1-4H3;1H/q+1;/p-1. The highest BCUT2D eigenvalue weighted by atomic mass is 35.5. The van der Waals surface area contributed by atoms with Crippen LogP contribution < -0.4 is 26.4 Å². The van der Waals surface area contributed by atoms with E-state index in [1.54, 1.807) is 26.2 Å². The first-order valence-electron chi connectivity index (χ1n) is 7.43. The lowest BCUT2D eigenvalue weighted by Crippen LogP contribution is -3.00. The summed E-state index contributed by atoms with van der Waals surface area (Å²) < 4.78 is 15.2. The summed E-state index contributed by atoms with van der Waals surface area (Å²) in [5.41, 5.74) is 5.56. The van der Waals surface area contributed by atoms with E-state index in [0.29, 0.717) is 0 Å². The second-order valence-corrected chi connectivity index (χ2v) is 6.53. The monoisotopic (exact) mass is 363 g/mol. The average molecular weight is 364 g/mol. The normalized spacial score (nSPS) is 12.3. The van der Waals surface area contributed by atoms with E-state index in [2.05, 4.69) is 34.7 Å². The summed E-state index contributed by atoms with van der Waals surface area (Å²) in [4.78, 5) is 4.83. The topological polar surface area (TPSA) is 40.2 Å². The van der Waals surface area contributed by atoms with Crippen LogP contribution in [-0.4, -0.2) is 23.2 Å². The van der Waals surface area contributed by atoms with Crippen LogP contribution in [0.2, 0.25) is 0 Å². The van der Waals surface area contributed by atoms with Crippen molar-refractivity contribution in [2.24, 2.45) is 0 Å². The average Bonchev–Trinajstić information content (AvgIpc) is 2.93. The van der Waals surface area contributed by atoms with E-state index in [1.165, 1.54) is 11.3 Å². The largest absolute Gasteiger partial charge is 1.00 e. The van der Waals surface area contributed by atoms with Crippen LogP contribution in [0.25, 0.3) is 17.0 Å². The Morgan fingerprint density at radius 1 is 1.21 bits per heavy atom. The molecule has 0 saturated carbocycles. The van der Waals surface area contributed by atoms with Crippen LogP contribution in [0.4, 0.5) is 0 Å². The third-order valence-corrected chi connectivity index (χ3v) is 5.32. The smallest absolute Gasteiger partial charge is 0.415 e. The predicted octanol–water partition coefficient (Wildman–Crippen LogP) is -0.0391. The number of rotatable bonds is 2. The van der Waals surface area contributed by atoms with Gasteiger partial charge in [0.05, 0.1) is 26.2 Å². The summed E-state index contributed by atoms with van der Waals surface area (Å²) >= 11 is 1.76. The van der Waals surface area contributed by atoms with Gasteiger partial charge in [-0.05, 0) is 26.0 Å². The zero-order valence-electron chi connectivity index (χ0n) is 14.0. The molecule has 3 heterocycles. The minimum absolute atomic E-state index is 0. The van der Waals surface area contributed by atoms with Gasteiger partial charge in [0.15, 0.2) is 11.0 Å². The molecule has 0 fully saturated rings. The van der Waals surface area contributed by atoms with E-state index < -0.39 is 0 Å². The molecule has 1 aliphatic rings. The number of halogens is 1. The van der Waals surface area contributed by atoms with Crippen molar-refractivity contribution in [1.82, 2.24) is 8.96 Å². The molecular formula is C17H18ClN3O2S. The Morgan fingerprint density at radius 2 is 2.00 bits per heavy atom. The highest BCUT2D eigenvalue weighted by molar-refractivity contribution is 7.97. The number of hydrogen-bond acceptors (Lipinski definition) is 4. The minimum atomic E-state index is 0. The lowest BCUT2D eigenvalue weighted by Gasteiger charge is -2.18. The fraction of sp³-hybridized carbons (Fsp3) is 0.294. The van der Waals surface area contributed by atoms with Crippen LogP contribution in [0.1, 0.15) is 16.8 Å². The summed E-state index contributed by atoms with van der Waals surface area (Å²) in [6.07, 6.45) is 2.11. The molecule has 0 spiro atoms. The molecule has 0 aliphatic carbocycles. The molecule has 3 aromatic rings. The number of aromatic nitrogens is 3. The summed E-state index contributed by atoms with van der Waals surface area (Å²) in [7, 11) is 3.40. The summed E-state index contributed by atoms with van der Waals surface area (Å²) in [6.45, 7) is 4.18. The van der Waals surface area contributed by atoms with E-state index >= 15 is 0 Å². The molecule has 2 aromatic heterocycles. The molecule has 0 bridgehead atoms. The Labute approximate surface area is 151 Å². The van der Waals surface area contributed by atoms with Gasteiger partial charge in [-0.3, -0.25) is 0 Å². The van der Waals surface area contributed by atoms with Gasteiger partial charge >= 0.3 is 5.95 Å². The number of pyridine rings is 1. The van der Waals surface area contributed by atoms with E-state index in [0.717, 1.165) is 39.8 Å². The second-order valence-electron chi connectivity index (χ2n) is 5.62. The van der Waals surface area contributed by atoms with Crippen molar-refractivity contribution < 1.29 is 26.4 Å². The van der Waals surface area contributed by atoms with E-state index in [4.69, 9.17) is 14.5 Å². The van der Waals surface area contributed by atoms with Crippen LogP contribution in [0.15, 0.2) is 24.4 Å². The zero-order chi connectivity index (χ0) is 16.1. The Bertz CT molecular complexity index is 939. The van der Waals surface area contributed by atoms with Crippen LogP contribution in [-0.2, 0) is 5.75 Å². The number of methoxy groups -OCH3 is 2. The lowest BCUT2D eigenvalue weighted by molar-refractivity contribution is -0.613. The summed E-state index contributed by atoms with van der Waals surface area (Å²) in [6, 6.07) is 6.01. The minimum Gasteiger partial charge on any atom is -1.00 e. The number of ether oxygens (including phenoxy) is 2. The van der Waals surface area contributed by atoms with Gasteiger partial charge in [-0.2, -0.15) is 3.97 Å². The number of nitrogens with zero attached hydrogens (tertiary/aromatic N) is 3. The molecule has 0 amide bonds. The predicted molar refractivity (Wildman–Crippen MR) is 90.5 cm³/mol. The fourth-order valence-electron chi connectivity index (χ4n) is 3.17. The van der Waals surface area contributed by atoms with Crippen LogP contribution in [0.5, 0.6) is 11.5 Å². The van der Waals surface area contributed by atoms with Gasteiger partial charge in [-0.15, -0.1) is 0 Å². The first-order valence-corrected chi connectivity index (χ1v) is 8.37. The second kappa shape index (κ2) is 6.18. The molecule has 0 atom stereocenters. The fourth-order valence-corrected chi connectivity index (χ4v) is 4.31. The molecule has 0 unspecified atom stereocenters. The zero-order valence-corrected chi connectivity index (χ0v) is 15.5. The number of aryl methyl sites for hydroxylation is 1. The van der Waals surface area contributed by atoms with Crippen molar-refractivity contribution >= 4 is 23.0 Å². The quantitative estimate of drug-likeness (QED) is 0.599. The van der Waals surface area contributed by atoms with Gasteiger partial charge < -0.3 is 21.9 Å². The van der Waals surface area contributed by atoms with E-state index in [9.17, 15) is 0 Å². The third-order valence-electron chi connectivity index (χ3n) is 4.30. The van der Waals surface area contributed by atoms with Gasteiger partial charge in [0.1, 0.15) is 17.2 Å². The van der Waals surface area contributed by atoms with Crippen molar-refractivity contribution in [3.05, 3.63) is 41.2 Å². The molecule has 4 rings (SSSR count). The van der Waals surface area contributed by atoms with Gasteiger partial charge in [0.25, 0.3) is 0 Å². The molecule has 126 valence electrons. The van der Waals surface area contributed by atoms with Crippen molar-refractivity contribution in [2.75, 3.05) is 14.2 Å². The molecule has 24 heavy (non-hydrogen) atoms.